The van der Waals surface area contributed by atoms with E-state index in [-0.39, 0.29) is 18.3 Å². The third-order valence-corrected chi connectivity index (χ3v) is 6.56. The van der Waals surface area contributed by atoms with Crippen molar-refractivity contribution in [2.45, 2.75) is 20.3 Å². The Balaban J connectivity index is 0.00000272. The highest BCUT2D eigenvalue weighted by atomic mass is 35.5. The Hall–Kier alpha value is -2.19. The van der Waals surface area contributed by atoms with E-state index in [2.05, 4.69) is 9.88 Å². The molecule has 0 unspecified atom stereocenters. The molecule has 0 spiro atoms. The minimum absolute atomic E-state index is 0. The van der Waals surface area contributed by atoms with Crippen LogP contribution in [-0.4, -0.2) is 52.4 Å². The lowest BCUT2D eigenvalue weighted by molar-refractivity contribution is 0.0979. The maximum Gasteiger partial charge on any atom is 0.278 e. The first-order valence-corrected chi connectivity index (χ1v) is 11.0. The lowest BCUT2D eigenvalue weighted by atomic mass is 10.2. The van der Waals surface area contributed by atoms with Gasteiger partial charge >= 0.3 is 0 Å². The van der Waals surface area contributed by atoms with Gasteiger partial charge in [-0.2, -0.15) is 0 Å². The highest BCUT2D eigenvalue weighted by Crippen LogP contribution is 2.34. The summed E-state index contributed by atoms with van der Waals surface area (Å²) in [5, 5.41) is 1.37. The molecule has 0 saturated heterocycles. The van der Waals surface area contributed by atoms with E-state index in [0.717, 1.165) is 34.4 Å². The molecule has 0 N–H and O–H groups in total. The molecule has 0 bridgehead atoms. The number of aromatic nitrogens is 3. The van der Waals surface area contributed by atoms with Crippen molar-refractivity contribution in [1.82, 2.24) is 19.3 Å². The topological polar surface area (TPSA) is 53.7 Å². The van der Waals surface area contributed by atoms with Crippen LogP contribution in [-0.2, 0) is 0 Å². The first-order chi connectivity index (χ1) is 14.4. The molecule has 9 heteroatoms. The number of hydrogen-bond acceptors (Lipinski definition) is 5. The molecule has 0 aliphatic rings. The predicted octanol–water partition coefficient (Wildman–Crippen LogP) is 5.23. The number of fused-ring (bicyclic) bond motifs is 2. The van der Waals surface area contributed by atoms with Gasteiger partial charge < -0.3 is 4.90 Å². The van der Waals surface area contributed by atoms with E-state index in [9.17, 15) is 4.79 Å². The van der Waals surface area contributed by atoms with Crippen LogP contribution in [0.1, 0.15) is 28.2 Å². The molecule has 3 aromatic heterocycles. The van der Waals surface area contributed by atoms with E-state index in [0.29, 0.717) is 28.1 Å². The smallest absolute Gasteiger partial charge is 0.278 e. The monoisotopic (exact) mass is 477 g/mol. The summed E-state index contributed by atoms with van der Waals surface area (Å²) in [5.74, 6) is -0.0900. The summed E-state index contributed by atoms with van der Waals surface area (Å²) in [6.45, 7) is 5.29. The molecular weight excluding hydrogens is 453 g/mol. The molecule has 164 valence electrons. The van der Waals surface area contributed by atoms with Crippen LogP contribution in [0.5, 0.6) is 0 Å². The normalized spacial score (nSPS) is 11.3. The highest BCUT2D eigenvalue weighted by Gasteiger charge is 2.26. The number of hydrogen-bond donors (Lipinski definition) is 0. The SMILES string of the molecule is Cc1nc2ccccn2c1C(=O)N(CCCN(C)C)c1nc2c(C)c(Cl)ccc2s1.Cl. The third kappa shape index (κ3) is 4.55. The second kappa shape index (κ2) is 9.53. The van der Waals surface area contributed by atoms with Gasteiger partial charge in [0, 0.05) is 17.8 Å². The van der Waals surface area contributed by atoms with E-state index in [4.69, 9.17) is 16.6 Å². The number of amides is 1. The van der Waals surface area contributed by atoms with Gasteiger partial charge in [-0.25, -0.2) is 9.97 Å². The quantitative estimate of drug-likeness (QED) is 0.381. The minimum Gasteiger partial charge on any atom is -0.309 e. The molecule has 0 radical (unpaired) electrons. The molecule has 0 aliphatic carbocycles. The standard InChI is InChI=1S/C22H24ClN5OS.ClH/c1-14-16(23)9-10-17-19(14)25-22(30-17)28(13-7-11-26(3)4)21(29)20-15(2)24-18-8-5-6-12-27(18)20;/h5-6,8-10,12H,7,11,13H2,1-4H3;1H. The highest BCUT2D eigenvalue weighted by molar-refractivity contribution is 7.22. The number of thiazole rings is 1. The first-order valence-electron chi connectivity index (χ1n) is 9.82. The second-order valence-electron chi connectivity index (χ2n) is 7.60. The Kier molecular flexibility index (Phi) is 7.21. The van der Waals surface area contributed by atoms with Gasteiger partial charge in [-0.1, -0.05) is 29.0 Å². The Labute approximate surface area is 196 Å². The van der Waals surface area contributed by atoms with Crippen molar-refractivity contribution >= 4 is 62.2 Å². The molecule has 0 atom stereocenters. The number of rotatable bonds is 6. The maximum atomic E-state index is 13.7. The fourth-order valence-electron chi connectivity index (χ4n) is 3.53. The van der Waals surface area contributed by atoms with Crippen LogP contribution in [0.2, 0.25) is 5.02 Å². The van der Waals surface area contributed by atoms with E-state index >= 15 is 0 Å². The zero-order chi connectivity index (χ0) is 21.4. The first kappa shape index (κ1) is 23.5. The molecular formula is C22H25Cl2N5OS. The van der Waals surface area contributed by atoms with Crippen molar-refractivity contribution in [1.29, 1.82) is 0 Å². The molecule has 3 heterocycles. The van der Waals surface area contributed by atoms with Gasteiger partial charge in [0.1, 0.15) is 11.3 Å². The largest absolute Gasteiger partial charge is 0.309 e. The van der Waals surface area contributed by atoms with Gasteiger partial charge in [0.15, 0.2) is 5.13 Å². The number of carbonyl (C=O) groups is 1. The zero-order valence-electron chi connectivity index (χ0n) is 17.9. The van der Waals surface area contributed by atoms with Crippen LogP contribution in [0.4, 0.5) is 5.13 Å². The number of benzene rings is 1. The van der Waals surface area contributed by atoms with Gasteiger partial charge in [0.2, 0.25) is 0 Å². The molecule has 0 saturated carbocycles. The Morgan fingerprint density at radius 3 is 2.65 bits per heavy atom. The number of nitrogens with zero attached hydrogens (tertiary/aromatic N) is 5. The van der Waals surface area contributed by atoms with Gasteiger partial charge in [0.25, 0.3) is 5.91 Å². The maximum absolute atomic E-state index is 13.7. The van der Waals surface area contributed by atoms with Gasteiger partial charge in [-0.05, 0) is 70.7 Å². The molecule has 1 amide bonds. The van der Waals surface area contributed by atoms with Gasteiger partial charge in [0.05, 0.1) is 15.9 Å². The summed E-state index contributed by atoms with van der Waals surface area (Å²) in [6, 6.07) is 9.58. The fraction of sp³-hybridized carbons (Fsp3) is 0.318. The Morgan fingerprint density at radius 2 is 1.90 bits per heavy atom. The molecule has 31 heavy (non-hydrogen) atoms. The summed E-state index contributed by atoms with van der Waals surface area (Å²) in [4.78, 5) is 27.0. The average Bonchev–Trinajstić information content (AvgIpc) is 3.28. The average molecular weight is 478 g/mol. The summed E-state index contributed by atoms with van der Waals surface area (Å²) < 4.78 is 2.87. The summed E-state index contributed by atoms with van der Waals surface area (Å²) in [6.07, 6.45) is 2.72. The second-order valence-corrected chi connectivity index (χ2v) is 9.02. The van der Waals surface area contributed by atoms with Gasteiger partial charge in [-0.15, -0.1) is 12.4 Å². The van der Waals surface area contributed by atoms with E-state index in [1.165, 1.54) is 11.3 Å². The fourth-order valence-corrected chi connectivity index (χ4v) is 4.73. The number of pyridine rings is 1. The van der Waals surface area contributed by atoms with Crippen LogP contribution in [0.3, 0.4) is 0 Å². The Morgan fingerprint density at radius 1 is 1.13 bits per heavy atom. The van der Waals surface area contributed by atoms with Crippen molar-refractivity contribution < 1.29 is 4.79 Å². The number of imidazole rings is 1. The number of halogens is 2. The summed E-state index contributed by atoms with van der Waals surface area (Å²) >= 11 is 7.81. The van der Waals surface area contributed by atoms with Gasteiger partial charge in [-0.3, -0.25) is 14.1 Å². The van der Waals surface area contributed by atoms with Crippen LogP contribution in [0.15, 0.2) is 36.5 Å². The van der Waals surface area contributed by atoms with E-state index in [1.54, 1.807) is 4.90 Å². The van der Waals surface area contributed by atoms with E-state index in [1.807, 2.05) is 68.9 Å². The lowest BCUT2D eigenvalue weighted by Crippen LogP contribution is -2.34. The van der Waals surface area contributed by atoms with Crippen LogP contribution in [0.25, 0.3) is 15.9 Å². The third-order valence-electron chi connectivity index (χ3n) is 5.11. The van der Waals surface area contributed by atoms with Crippen molar-refractivity contribution in [3.63, 3.8) is 0 Å². The van der Waals surface area contributed by atoms with E-state index < -0.39 is 0 Å². The Bertz CT molecular complexity index is 1230. The van der Waals surface area contributed by atoms with Crippen LogP contribution in [0, 0.1) is 13.8 Å². The molecule has 6 nitrogen and oxygen atoms in total. The summed E-state index contributed by atoms with van der Waals surface area (Å²) in [5.41, 5.74) is 3.83. The minimum atomic E-state index is -0.0900. The molecule has 4 rings (SSSR count). The van der Waals surface area contributed by atoms with Crippen molar-refractivity contribution in [3.8, 4) is 0 Å². The predicted molar refractivity (Wildman–Crippen MR) is 131 cm³/mol. The number of anilines is 1. The number of carbonyl (C=O) groups excluding carboxylic acids is 1. The van der Waals surface area contributed by atoms with Crippen LogP contribution < -0.4 is 4.90 Å². The van der Waals surface area contributed by atoms with Crippen molar-refractivity contribution in [2.24, 2.45) is 0 Å². The molecule has 1 aromatic carbocycles. The number of aryl methyl sites for hydroxylation is 2. The summed E-state index contributed by atoms with van der Waals surface area (Å²) in [7, 11) is 4.06. The van der Waals surface area contributed by atoms with Crippen molar-refractivity contribution in [2.75, 3.05) is 32.1 Å². The lowest BCUT2D eigenvalue weighted by Gasteiger charge is -2.21. The van der Waals surface area contributed by atoms with Crippen LogP contribution >= 0.6 is 35.3 Å². The van der Waals surface area contributed by atoms with Crippen molar-refractivity contribution in [3.05, 3.63) is 58.5 Å². The molecule has 4 aromatic rings. The zero-order valence-corrected chi connectivity index (χ0v) is 20.3. The molecule has 0 fully saturated rings. The molecule has 0 aliphatic heterocycles.